The number of para-hydroxylation sites is 1. The largest absolute Gasteiger partial charge is 0.376 e. The molecule has 1 aliphatic rings. The predicted molar refractivity (Wildman–Crippen MR) is 86.4 cm³/mol. The summed E-state index contributed by atoms with van der Waals surface area (Å²) in [4.78, 5) is 4.45. The molecule has 0 amide bonds. The second-order valence-electron chi connectivity index (χ2n) is 5.32. The van der Waals surface area contributed by atoms with Crippen LogP contribution in [0.5, 0.6) is 0 Å². The number of nitrogens with one attached hydrogen (secondary N) is 2. The molecule has 22 heavy (non-hydrogen) atoms. The van der Waals surface area contributed by atoms with Gasteiger partial charge in [-0.1, -0.05) is 25.1 Å². The zero-order chi connectivity index (χ0) is 15.2. The molecule has 1 fully saturated rings. The Bertz CT molecular complexity index is 613. The first-order valence-corrected chi connectivity index (χ1v) is 7.75. The summed E-state index contributed by atoms with van der Waals surface area (Å²) in [5, 5.41) is 14.5. The Kier molecular flexibility index (Phi) is 4.80. The van der Waals surface area contributed by atoms with Gasteiger partial charge in [0.1, 0.15) is 0 Å². The van der Waals surface area contributed by atoms with Gasteiger partial charge in [0.15, 0.2) is 5.82 Å². The van der Waals surface area contributed by atoms with Gasteiger partial charge in [-0.2, -0.15) is 10.1 Å². The molecule has 1 aromatic carbocycles. The van der Waals surface area contributed by atoms with Gasteiger partial charge < -0.3 is 15.4 Å². The molecular weight excluding hydrogens is 278 g/mol. The van der Waals surface area contributed by atoms with E-state index in [0.29, 0.717) is 11.8 Å². The number of benzene rings is 1. The van der Waals surface area contributed by atoms with Crippen LogP contribution >= 0.6 is 0 Å². The van der Waals surface area contributed by atoms with E-state index in [1.807, 2.05) is 18.2 Å². The maximum atomic E-state index is 5.58. The molecule has 1 aliphatic heterocycles. The SMILES string of the molecule is CCc1ccccc1Nc1cnnc(NCC2CCCO2)n1. The van der Waals surface area contributed by atoms with Crippen LogP contribution in [0.15, 0.2) is 30.5 Å². The third kappa shape index (κ3) is 3.71. The van der Waals surface area contributed by atoms with Crippen molar-refractivity contribution in [3.05, 3.63) is 36.0 Å². The molecule has 0 aliphatic carbocycles. The third-order valence-corrected chi connectivity index (χ3v) is 3.73. The molecule has 1 saturated heterocycles. The number of hydrogen-bond acceptors (Lipinski definition) is 6. The first-order chi connectivity index (χ1) is 10.8. The quantitative estimate of drug-likeness (QED) is 0.854. The van der Waals surface area contributed by atoms with Crippen LogP contribution in [-0.4, -0.2) is 34.4 Å². The molecule has 1 aromatic heterocycles. The molecule has 2 aromatic rings. The summed E-state index contributed by atoms with van der Waals surface area (Å²) >= 11 is 0. The average Bonchev–Trinajstić information content (AvgIpc) is 3.07. The van der Waals surface area contributed by atoms with Crippen molar-refractivity contribution < 1.29 is 4.74 Å². The van der Waals surface area contributed by atoms with Crippen LogP contribution in [0.1, 0.15) is 25.3 Å². The molecular formula is C16H21N5O. The summed E-state index contributed by atoms with van der Waals surface area (Å²) in [5.41, 5.74) is 2.30. The van der Waals surface area contributed by atoms with Gasteiger partial charge in [-0.15, -0.1) is 5.10 Å². The molecule has 0 bridgehead atoms. The van der Waals surface area contributed by atoms with Crippen LogP contribution in [0.2, 0.25) is 0 Å². The first kappa shape index (κ1) is 14.7. The highest BCUT2D eigenvalue weighted by molar-refractivity contribution is 5.60. The van der Waals surface area contributed by atoms with Crippen molar-refractivity contribution >= 4 is 17.5 Å². The van der Waals surface area contributed by atoms with Gasteiger partial charge in [0, 0.05) is 18.8 Å². The summed E-state index contributed by atoms with van der Waals surface area (Å²) in [7, 11) is 0. The van der Waals surface area contributed by atoms with E-state index in [4.69, 9.17) is 4.74 Å². The van der Waals surface area contributed by atoms with Crippen molar-refractivity contribution in [1.82, 2.24) is 15.2 Å². The average molecular weight is 299 g/mol. The fraction of sp³-hybridized carbons (Fsp3) is 0.438. The molecule has 0 radical (unpaired) electrons. The summed E-state index contributed by atoms with van der Waals surface area (Å²) < 4.78 is 5.58. The minimum atomic E-state index is 0.251. The number of nitrogens with zero attached hydrogens (tertiary/aromatic N) is 3. The fourth-order valence-corrected chi connectivity index (χ4v) is 2.54. The van der Waals surface area contributed by atoms with E-state index in [0.717, 1.165) is 38.1 Å². The highest BCUT2D eigenvalue weighted by Gasteiger charge is 2.15. The topological polar surface area (TPSA) is 72.0 Å². The molecule has 0 saturated carbocycles. The zero-order valence-electron chi connectivity index (χ0n) is 12.7. The lowest BCUT2D eigenvalue weighted by Crippen LogP contribution is -2.20. The maximum absolute atomic E-state index is 5.58. The van der Waals surface area contributed by atoms with Gasteiger partial charge in [-0.3, -0.25) is 0 Å². The van der Waals surface area contributed by atoms with Gasteiger partial charge in [-0.05, 0) is 30.9 Å². The van der Waals surface area contributed by atoms with Crippen LogP contribution in [0.25, 0.3) is 0 Å². The fourth-order valence-electron chi connectivity index (χ4n) is 2.54. The van der Waals surface area contributed by atoms with Gasteiger partial charge in [0.2, 0.25) is 5.95 Å². The molecule has 116 valence electrons. The van der Waals surface area contributed by atoms with Gasteiger partial charge in [-0.25, -0.2) is 0 Å². The number of anilines is 3. The highest BCUT2D eigenvalue weighted by Crippen LogP contribution is 2.20. The van der Waals surface area contributed by atoms with E-state index in [1.54, 1.807) is 6.20 Å². The number of rotatable bonds is 6. The Hall–Kier alpha value is -2.21. The smallest absolute Gasteiger partial charge is 0.244 e. The summed E-state index contributed by atoms with van der Waals surface area (Å²) in [5.74, 6) is 1.21. The lowest BCUT2D eigenvalue weighted by atomic mass is 10.1. The van der Waals surface area contributed by atoms with Crippen molar-refractivity contribution in [2.75, 3.05) is 23.8 Å². The third-order valence-electron chi connectivity index (χ3n) is 3.73. The van der Waals surface area contributed by atoms with E-state index in [1.165, 1.54) is 5.56 Å². The van der Waals surface area contributed by atoms with Crippen LogP contribution in [0.4, 0.5) is 17.5 Å². The van der Waals surface area contributed by atoms with Crippen molar-refractivity contribution in [2.24, 2.45) is 0 Å². The van der Waals surface area contributed by atoms with Crippen LogP contribution in [-0.2, 0) is 11.2 Å². The van der Waals surface area contributed by atoms with E-state index in [2.05, 4.69) is 38.8 Å². The standard InChI is InChI=1S/C16H21N5O/c1-2-12-6-3-4-8-14(12)19-15-11-18-21-16(20-15)17-10-13-7-5-9-22-13/h3-4,6,8,11,13H,2,5,7,9-10H2,1H3,(H2,17,19,20,21). The van der Waals surface area contributed by atoms with Gasteiger partial charge in [0.05, 0.1) is 12.3 Å². The summed E-state index contributed by atoms with van der Waals surface area (Å²) in [6.07, 6.45) is 5.06. The Morgan fingerprint density at radius 1 is 1.32 bits per heavy atom. The second-order valence-corrected chi connectivity index (χ2v) is 5.32. The number of hydrogen-bond donors (Lipinski definition) is 2. The first-order valence-electron chi connectivity index (χ1n) is 7.75. The minimum absolute atomic E-state index is 0.251. The number of ether oxygens (including phenoxy) is 1. The normalized spacial score (nSPS) is 17.4. The van der Waals surface area contributed by atoms with E-state index < -0.39 is 0 Å². The Morgan fingerprint density at radius 2 is 2.23 bits per heavy atom. The lowest BCUT2D eigenvalue weighted by molar-refractivity contribution is 0.120. The minimum Gasteiger partial charge on any atom is -0.376 e. The molecule has 1 unspecified atom stereocenters. The number of aromatic nitrogens is 3. The molecule has 6 nitrogen and oxygen atoms in total. The van der Waals surface area contributed by atoms with Crippen LogP contribution in [0, 0.1) is 0 Å². The molecule has 6 heteroatoms. The monoisotopic (exact) mass is 299 g/mol. The Balaban J connectivity index is 1.65. The molecule has 2 heterocycles. The maximum Gasteiger partial charge on any atom is 0.244 e. The van der Waals surface area contributed by atoms with Crippen LogP contribution in [0.3, 0.4) is 0 Å². The number of aryl methyl sites for hydroxylation is 1. The van der Waals surface area contributed by atoms with Gasteiger partial charge >= 0.3 is 0 Å². The molecule has 3 rings (SSSR count). The van der Waals surface area contributed by atoms with Crippen molar-refractivity contribution in [3.8, 4) is 0 Å². The van der Waals surface area contributed by atoms with E-state index in [-0.39, 0.29) is 6.10 Å². The second kappa shape index (κ2) is 7.17. The van der Waals surface area contributed by atoms with Crippen molar-refractivity contribution in [2.45, 2.75) is 32.3 Å². The summed E-state index contributed by atoms with van der Waals surface area (Å²) in [6.45, 7) is 3.70. The van der Waals surface area contributed by atoms with E-state index in [9.17, 15) is 0 Å². The van der Waals surface area contributed by atoms with Gasteiger partial charge in [0.25, 0.3) is 0 Å². The van der Waals surface area contributed by atoms with E-state index >= 15 is 0 Å². The highest BCUT2D eigenvalue weighted by atomic mass is 16.5. The lowest BCUT2D eigenvalue weighted by Gasteiger charge is -2.12. The molecule has 0 spiro atoms. The summed E-state index contributed by atoms with van der Waals surface area (Å²) in [6, 6.07) is 8.19. The van der Waals surface area contributed by atoms with Crippen molar-refractivity contribution in [3.63, 3.8) is 0 Å². The van der Waals surface area contributed by atoms with Crippen LogP contribution < -0.4 is 10.6 Å². The predicted octanol–water partition coefficient (Wildman–Crippen LogP) is 2.77. The zero-order valence-corrected chi connectivity index (χ0v) is 12.7. The molecule has 2 N–H and O–H groups in total. The molecule has 1 atom stereocenters. The van der Waals surface area contributed by atoms with Crippen molar-refractivity contribution in [1.29, 1.82) is 0 Å². The Labute approximate surface area is 130 Å². The Morgan fingerprint density at radius 3 is 3.05 bits per heavy atom.